The molecule has 1 aliphatic carbocycles. The maximum absolute atomic E-state index is 11.5. The first-order chi connectivity index (χ1) is 9.52. The zero-order valence-corrected chi connectivity index (χ0v) is 10.8. The van der Waals surface area contributed by atoms with Gasteiger partial charge < -0.3 is 14.8 Å². The summed E-state index contributed by atoms with van der Waals surface area (Å²) in [6.07, 6.45) is 2.03. The molecule has 1 aliphatic rings. The number of aromatic nitrogens is 1. The number of benzene rings is 1. The zero-order valence-electron chi connectivity index (χ0n) is 10.8. The first kappa shape index (κ1) is 12.5. The van der Waals surface area contributed by atoms with Crippen LogP contribution >= 0.6 is 0 Å². The van der Waals surface area contributed by atoms with E-state index >= 15 is 0 Å². The molecule has 2 aromatic rings. The number of rotatable bonds is 2. The largest absolute Gasteiger partial charge is 0.481 e. The molecule has 1 heterocycles. The van der Waals surface area contributed by atoms with Crippen molar-refractivity contribution < 1.29 is 19.8 Å². The first-order valence-electron chi connectivity index (χ1n) is 6.26. The fourth-order valence-electron chi connectivity index (χ4n) is 2.95. The number of carboxylic acids is 2. The SMILES string of the molecule is Cn1c2c(c3ccccc31)=CCC(C(=O)O)C=2C(=O)O. The van der Waals surface area contributed by atoms with Gasteiger partial charge in [0.05, 0.1) is 16.8 Å². The van der Waals surface area contributed by atoms with Crippen molar-refractivity contribution in [1.29, 1.82) is 0 Å². The molecule has 102 valence electrons. The number of nitrogens with zero attached hydrogens (tertiary/aromatic N) is 1. The molecule has 0 amide bonds. The van der Waals surface area contributed by atoms with Crippen LogP contribution in [-0.2, 0) is 16.6 Å². The third kappa shape index (κ3) is 1.56. The van der Waals surface area contributed by atoms with Crippen LogP contribution in [0.4, 0.5) is 0 Å². The Morgan fingerprint density at radius 2 is 1.95 bits per heavy atom. The zero-order chi connectivity index (χ0) is 14.4. The van der Waals surface area contributed by atoms with Crippen LogP contribution in [0, 0.1) is 5.92 Å². The van der Waals surface area contributed by atoms with Gasteiger partial charge in [-0.2, -0.15) is 0 Å². The van der Waals surface area contributed by atoms with E-state index in [0.717, 1.165) is 16.1 Å². The van der Waals surface area contributed by atoms with E-state index in [2.05, 4.69) is 0 Å². The number of hydrogen-bond donors (Lipinski definition) is 2. The van der Waals surface area contributed by atoms with E-state index in [1.807, 2.05) is 30.3 Å². The van der Waals surface area contributed by atoms with Crippen molar-refractivity contribution >= 4 is 34.5 Å². The molecule has 0 spiro atoms. The van der Waals surface area contributed by atoms with Crippen molar-refractivity contribution in [3.63, 3.8) is 0 Å². The Kier molecular flexibility index (Phi) is 2.64. The highest BCUT2D eigenvalue weighted by atomic mass is 16.4. The van der Waals surface area contributed by atoms with Gasteiger partial charge in [0.1, 0.15) is 0 Å². The lowest BCUT2D eigenvalue weighted by atomic mass is 9.90. The monoisotopic (exact) mass is 271 g/mol. The van der Waals surface area contributed by atoms with Gasteiger partial charge in [0.15, 0.2) is 0 Å². The minimum absolute atomic E-state index is 0.0336. The minimum atomic E-state index is -1.17. The second kappa shape index (κ2) is 4.23. The predicted molar refractivity (Wildman–Crippen MR) is 73.4 cm³/mol. The summed E-state index contributed by atoms with van der Waals surface area (Å²) in [6, 6.07) is 7.59. The summed E-state index contributed by atoms with van der Waals surface area (Å²) in [5.41, 5.74) is 0.868. The van der Waals surface area contributed by atoms with Crippen molar-refractivity contribution in [3.05, 3.63) is 34.8 Å². The van der Waals surface area contributed by atoms with Crippen molar-refractivity contribution in [2.45, 2.75) is 6.42 Å². The van der Waals surface area contributed by atoms with Gasteiger partial charge in [-0.1, -0.05) is 24.3 Å². The third-order valence-corrected chi connectivity index (χ3v) is 3.84. The normalized spacial score (nSPS) is 17.6. The summed E-state index contributed by atoms with van der Waals surface area (Å²) in [7, 11) is 1.77. The summed E-state index contributed by atoms with van der Waals surface area (Å²) < 4.78 is 1.76. The van der Waals surface area contributed by atoms with Crippen molar-refractivity contribution in [1.82, 2.24) is 4.57 Å². The summed E-state index contributed by atoms with van der Waals surface area (Å²) in [6.45, 7) is 0. The lowest BCUT2D eigenvalue weighted by Gasteiger charge is -2.14. The second-order valence-electron chi connectivity index (χ2n) is 4.89. The molecule has 0 bridgehead atoms. The van der Waals surface area contributed by atoms with Crippen LogP contribution in [0.2, 0.25) is 0 Å². The van der Waals surface area contributed by atoms with E-state index in [0.29, 0.717) is 5.35 Å². The number of hydrogen-bond acceptors (Lipinski definition) is 2. The van der Waals surface area contributed by atoms with Gasteiger partial charge in [-0.05, 0) is 12.5 Å². The molecule has 5 nitrogen and oxygen atoms in total. The molecular weight excluding hydrogens is 258 g/mol. The average Bonchev–Trinajstić information content (AvgIpc) is 2.72. The number of carbonyl (C=O) groups is 2. The third-order valence-electron chi connectivity index (χ3n) is 3.84. The van der Waals surface area contributed by atoms with Crippen molar-refractivity contribution in [2.75, 3.05) is 0 Å². The molecular formula is C15H13NO4. The number of para-hydroxylation sites is 1. The molecule has 0 aliphatic heterocycles. The van der Waals surface area contributed by atoms with Crippen LogP contribution in [-0.4, -0.2) is 26.7 Å². The van der Waals surface area contributed by atoms with Gasteiger partial charge in [0.2, 0.25) is 0 Å². The van der Waals surface area contributed by atoms with E-state index in [1.165, 1.54) is 0 Å². The van der Waals surface area contributed by atoms with Crippen LogP contribution in [0.3, 0.4) is 0 Å². The van der Waals surface area contributed by atoms with Crippen LogP contribution in [0.1, 0.15) is 6.42 Å². The molecule has 0 saturated carbocycles. The van der Waals surface area contributed by atoms with Crippen LogP contribution in [0.25, 0.3) is 22.6 Å². The Hall–Kier alpha value is -2.56. The van der Waals surface area contributed by atoms with Crippen molar-refractivity contribution in [3.8, 4) is 0 Å². The highest BCUT2D eigenvalue weighted by Gasteiger charge is 2.31. The molecule has 1 aromatic heterocycles. The van der Waals surface area contributed by atoms with Gasteiger partial charge in [0.25, 0.3) is 0 Å². The summed E-state index contributed by atoms with van der Waals surface area (Å²) >= 11 is 0. The van der Waals surface area contributed by atoms with E-state index in [1.54, 1.807) is 11.6 Å². The summed E-state index contributed by atoms with van der Waals surface area (Å²) in [4.78, 5) is 22.8. The Morgan fingerprint density at radius 1 is 1.25 bits per heavy atom. The maximum atomic E-state index is 11.5. The molecule has 20 heavy (non-hydrogen) atoms. The molecule has 1 atom stereocenters. The highest BCUT2D eigenvalue weighted by Crippen LogP contribution is 2.20. The molecule has 1 unspecified atom stereocenters. The smallest absolute Gasteiger partial charge is 0.334 e. The standard InChI is InChI=1S/C15H13NO4/c1-16-11-5-3-2-4-8(11)9-6-7-10(14(17)18)12(13(9)16)15(19)20/h2-6,10H,7H2,1H3,(H,17,18)(H,19,20). The number of aryl methyl sites for hydroxylation is 1. The van der Waals surface area contributed by atoms with Gasteiger partial charge in [-0.15, -0.1) is 0 Å². The average molecular weight is 271 g/mol. The number of aliphatic carboxylic acids is 2. The minimum Gasteiger partial charge on any atom is -0.481 e. The van der Waals surface area contributed by atoms with Gasteiger partial charge in [0, 0.05) is 23.2 Å². The van der Waals surface area contributed by atoms with E-state index in [4.69, 9.17) is 0 Å². The molecule has 2 N–H and O–H groups in total. The van der Waals surface area contributed by atoms with Gasteiger partial charge >= 0.3 is 11.9 Å². The molecule has 1 aromatic carbocycles. The quantitative estimate of drug-likeness (QED) is 0.823. The van der Waals surface area contributed by atoms with E-state index < -0.39 is 17.9 Å². The topological polar surface area (TPSA) is 79.5 Å². The molecule has 3 rings (SSSR count). The Balaban J connectivity index is 2.56. The predicted octanol–water partition coefficient (Wildman–Crippen LogP) is 0.299. The van der Waals surface area contributed by atoms with Crippen molar-refractivity contribution in [2.24, 2.45) is 13.0 Å². The van der Waals surface area contributed by atoms with Crippen LogP contribution < -0.4 is 10.6 Å². The molecule has 0 fully saturated rings. The highest BCUT2D eigenvalue weighted by molar-refractivity contribution is 6.14. The Morgan fingerprint density at radius 3 is 2.60 bits per heavy atom. The van der Waals surface area contributed by atoms with Crippen LogP contribution in [0.5, 0.6) is 0 Å². The summed E-state index contributed by atoms with van der Waals surface area (Å²) in [5, 5.41) is 20.9. The Labute approximate surface area is 114 Å². The van der Waals surface area contributed by atoms with Crippen LogP contribution in [0.15, 0.2) is 24.3 Å². The number of fused-ring (bicyclic) bond motifs is 3. The summed E-state index contributed by atoms with van der Waals surface area (Å²) in [5.74, 6) is -3.27. The molecule has 0 radical (unpaired) electrons. The maximum Gasteiger partial charge on any atom is 0.334 e. The fourth-order valence-corrected chi connectivity index (χ4v) is 2.95. The number of carboxylic acid groups (broad SMARTS) is 2. The van der Waals surface area contributed by atoms with E-state index in [9.17, 15) is 19.8 Å². The fraction of sp³-hybridized carbons (Fsp3) is 0.200. The Bertz CT molecular complexity index is 860. The van der Waals surface area contributed by atoms with Gasteiger partial charge in [-0.25, -0.2) is 4.79 Å². The second-order valence-corrected chi connectivity index (χ2v) is 4.89. The molecule has 5 heteroatoms. The lowest BCUT2D eigenvalue weighted by Crippen LogP contribution is -2.40. The van der Waals surface area contributed by atoms with E-state index in [-0.39, 0.29) is 12.0 Å². The first-order valence-corrected chi connectivity index (χ1v) is 6.26. The van der Waals surface area contributed by atoms with Gasteiger partial charge in [-0.3, -0.25) is 4.79 Å². The lowest BCUT2D eigenvalue weighted by molar-refractivity contribution is -0.141. The molecule has 0 saturated heterocycles.